The molecule has 0 radical (unpaired) electrons. The maximum absolute atomic E-state index is 13.6. The van der Waals surface area contributed by atoms with Crippen molar-refractivity contribution in [2.24, 2.45) is 0 Å². The van der Waals surface area contributed by atoms with Crippen LogP contribution in [-0.4, -0.2) is 24.3 Å². The maximum atomic E-state index is 13.6. The van der Waals surface area contributed by atoms with Gasteiger partial charge in [-0.3, -0.25) is 14.4 Å². The van der Waals surface area contributed by atoms with Crippen LogP contribution in [-0.2, 0) is 11.0 Å². The minimum absolute atomic E-state index is 0.103. The maximum Gasteiger partial charge on any atom is 0.418 e. The first-order valence-electron chi connectivity index (χ1n) is 9.64. The Morgan fingerprint density at radius 3 is 2.32 bits per heavy atom. The van der Waals surface area contributed by atoms with Gasteiger partial charge in [0.05, 0.1) is 23.1 Å². The monoisotopic (exact) mass is 481 g/mol. The molecule has 1 aromatic heterocycles. The molecule has 0 bridgehead atoms. The molecule has 178 valence electrons. The Morgan fingerprint density at radius 1 is 0.912 bits per heavy atom. The molecule has 7 nitrogen and oxygen atoms in total. The normalized spacial score (nSPS) is 11.1. The Morgan fingerprint density at radius 2 is 1.68 bits per heavy atom. The Labute approximate surface area is 188 Å². The largest absolute Gasteiger partial charge is 0.459 e. The van der Waals surface area contributed by atoms with E-state index in [1.807, 2.05) is 0 Å². The second kappa shape index (κ2) is 10.1. The summed E-state index contributed by atoms with van der Waals surface area (Å²) in [4.78, 5) is 36.0. The number of hydrogen-bond acceptors (Lipinski definition) is 4. The summed E-state index contributed by atoms with van der Waals surface area (Å²) >= 11 is 0. The number of halogens is 5. The fraction of sp³-hybridized carbons (Fsp3) is 0.136. The molecule has 0 saturated heterocycles. The third-order valence-corrected chi connectivity index (χ3v) is 4.42. The van der Waals surface area contributed by atoms with Crippen molar-refractivity contribution in [2.75, 3.05) is 17.2 Å². The number of benzene rings is 2. The zero-order chi connectivity index (χ0) is 24.9. The highest BCUT2D eigenvalue weighted by Gasteiger charge is 2.34. The van der Waals surface area contributed by atoms with Gasteiger partial charge in [-0.2, -0.15) is 13.2 Å². The van der Waals surface area contributed by atoms with Crippen molar-refractivity contribution in [3.8, 4) is 0 Å². The first kappa shape index (κ1) is 24.4. The highest BCUT2D eigenvalue weighted by Crippen LogP contribution is 2.36. The summed E-state index contributed by atoms with van der Waals surface area (Å²) in [7, 11) is 0. The van der Waals surface area contributed by atoms with Crippen molar-refractivity contribution >= 4 is 29.1 Å². The Kier molecular flexibility index (Phi) is 7.29. The summed E-state index contributed by atoms with van der Waals surface area (Å²) in [5.41, 5.74) is -2.41. The van der Waals surface area contributed by atoms with E-state index in [0.717, 1.165) is 24.3 Å². The molecule has 0 aliphatic rings. The number of carbonyl (C=O) groups is 3. The van der Waals surface area contributed by atoms with E-state index in [1.165, 1.54) is 18.4 Å². The van der Waals surface area contributed by atoms with Gasteiger partial charge in [-0.15, -0.1) is 0 Å². The molecule has 3 amide bonds. The standard InChI is InChI=1S/C22H16F5N3O4/c23-12-3-5-14(16(24)10-12)20(32)28-8-7-19(31)30-17-6-4-13(11-15(17)22(25,26)27)29-21(33)18-2-1-9-34-18/h1-6,9-11H,7-8H2,(H,28,32)(H,29,33)(H,30,31). The predicted molar refractivity (Wildman–Crippen MR) is 110 cm³/mol. The molecule has 0 spiro atoms. The summed E-state index contributed by atoms with van der Waals surface area (Å²) < 4.78 is 71.9. The van der Waals surface area contributed by atoms with Crippen molar-refractivity contribution in [3.63, 3.8) is 0 Å². The van der Waals surface area contributed by atoms with Crippen molar-refractivity contribution in [1.29, 1.82) is 0 Å². The molecule has 2 aromatic carbocycles. The topological polar surface area (TPSA) is 100 Å². The quantitative estimate of drug-likeness (QED) is 0.430. The molecule has 0 aliphatic heterocycles. The Bertz CT molecular complexity index is 1210. The van der Waals surface area contributed by atoms with Crippen LogP contribution in [0, 0.1) is 11.6 Å². The molecule has 3 N–H and O–H groups in total. The zero-order valence-corrected chi connectivity index (χ0v) is 17.1. The first-order valence-corrected chi connectivity index (χ1v) is 9.64. The summed E-state index contributed by atoms with van der Waals surface area (Å²) in [6.45, 7) is -0.319. The van der Waals surface area contributed by atoms with Crippen molar-refractivity contribution in [1.82, 2.24) is 5.32 Å². The van der Waals surface area contributed by atoms with E-state index in [0.29, 0.717) is 12.1 Å². The molecule has 3 rings (SSSR count). The SMILES string of the molecule is O=C(CCNC(=O)c1ccc(F)cc1F)Nc1ccc(NC(=O)c2ccco2)cc1C(F)(F)F. The van der Waals surface area contributed by atoms with Gasteiger partial charge in [0.2, 0.25) is 5.91 Å². The molecule has 0 fully saturated rings. The van der Waals surface area contributed by atoms with Crippen LogP contribution in [0.5, 0.6) is 0 Å². The van der Waals surface area contributed by atoms with Crippen molar-refractivity contribution in [3.05, 3.63) is 83.3 Å². The third-order valence-electron chi connectivity index (χ3n) is 4.42. The summed E-state index contributed by atoms with van der Waals surface area (Å²) in [5.74, 6) is -4.62. The number of nitrogens with one attached hydrogen (secondary N) is 3. The lowest BCUT2D eigenvalue weighted by atomic mass is 10.1. The van der Waals surface area contributed by atoms with E-state index in [9.17, 15) is 36.3 Å². The van der Waals surface area contributed by atoms with Crippen LogP contribution >= 0.6 is 0 Å². The van der Waals surface area contributed by atoms with Gasteiger partial charge in [-0.05, 0) is 42.5 Å². The van der Waals surface area contributed by atoms with E-state index >= 15 is 0 Å². The van der Waals surface area contributed by atoms with Crippen LogP contribution < -0.4 is 16.0 Å². The number of hydrogen-bond donors (Lipinski definition) is 3. The molecule has 34 heavy (non-hydrogen) atoms. The zero-order valence-electron chi connectivity index (χ0n) is 17.1. The summed E-state index contributed by atoms with van der Waals surface area (Å²) in [5, 5.41) is 6.58. The molecule has 0 aliphatic carbocycles. The molecule has 0 atom stereocenters. The van der Waals surface area contributed by atoms with Crippen LogP contribution in [0.1, 0.15) is 32.9 Å². The average molecular weight is 481 g/mol. The van der Waals surface area contributed by atoms with Crippen molar-refractivity contribution < 1.29 is 40.8 Å². The van der Waals surface area contributed by atoms with E-state index < -0.39 is 58.8 Å². The molecule has 0 saturated carbocycles. The van der Waals surface area contributed by atoms with Gasteiger partial charge in [0.1, 0.15) is 11.6 Å². The van der Waals surface area contributed by atoms with Gasteiger partial charge in [0, 0.05) is 24.7 Å². The number of amides is 3. The van der Waals surface area contributed by atoms with Crippen LogP contribution in [0.25, 0.3) is 0 Å². The van der Waals surface area contributed by atoms with Crippen LogP contribution in [0.3, 0.4) is 0 Å². The smallest absolute Gasteiger partial charge is 0.418 e. The molecule has 3 aromatic rings. The molecule has 0 unspecified atom stereocenters. The first-order chi connectivity index (χ1) is 16.0. The molecule has 1 heterocycles. The number of anilines is 2. The van der Waals surface area contributed by atoms with Gasteiger partial charge in [0.15, 0.2) is 5.76 Å². The fourth-order valence-corrected chi connectivity index (χ4v) is 2.84. The molecular formula is C22H16F5N3O4. The van der Waals surface area contributed by atoms with Crippen molar-refractivity contribution in [2.45, 2.75) is 12.6 Å². The van der Waals surface area contributed by atoms with Crippen LogP contribution in [0.4, 0.5) is 33.3 Å². The molecule has 12 heteroatoms. The highest BCUT2D eigenvalue weighted by molar-refractivity contribution is 6.02. The lowest BCUT2D eigenvalue weighted by Crippen LogP contribution is -2.28. The number of rotatable bonds is 7. The predicted octanol–water partition coefficient (Wildman–Crippen LogP) is 4.59. The minimum Gasteiger partial charge on any atom is -0.459 e. The lowest BCUT2D eigenvalue weighted by molar-refractivity contribution is -0.136. The fourth-order valence-electron chi connectivity index (χ4n) is 2.84. The average Bonchev–Trinajstić information content (AvgIpc) is 3.29. The second-order valence-electron chi connectivity index (χ2n) is 6.87. The van der Waals surface area contributed by atoms with Gasteiger partial charge in [-0.25, -0.2) is 8.78 Å². The van der Waals surface area contributed by atoms with Crippen LogP contribution in [0.2, 0.25) is 0 Å². The van der Waals surface area contributed by atoms with Gasteiger partial charge < -0.3 is 20.4 Å². The van der Waals surface area contributed by atoms with E-state index in [-0.39, 0.29) is 18.0 Å². The van der Waals surface area contributed by atoms with E-state index in [1.54, 1.807) is 0 Å². The van der Waals surface area contributed by atoms with Gasteiger partial charge in [0.25, 0.3) is 11.8 Å². The van der Waals surface area contributed by atoms with E-state index in [2.05, 4.69) is 16.0 Å². The summed E-state index contributed by atoms with van der Waals surface area (Å²) in [6, 6.07) is 7.85. The Hall–Kier alpha value is -4.22. The minimum atomic E-state index is -4.86. The third kappa shape index (κ3) is 6.18. The van der Waals surface area contributed by atoms with Crippen LogP contribution in [0.15, 0.2) is 59.2 Å². The van der Waals surface area contributed by atoms with E-state index in [4.69, 9.17) is 4.42 Å². The number of alkyl halides is 3. The number of carbonyl (C=O) groups excluding carboxylic acids is 3. The number of furan rings is 1. The van der Waals surface area contributed by atoms with Gasteiger partial charge in [-0.1, -0.05) is 0 Å². The second-order valence-corrected chi connectivity index (χ2v) is 6.87. The Balaban J connectivity index is 1.62. The lowest BCUT2D eigenvalue weighted by Gasteiger charge is -2.16. The van der Waals surface area contributed by atoms with Gasteiger partial charge >= 0.3 is 6.18 Å². The highest BCUT2D eigenvalue weighted by atomic mass is 19.4. The molecular weight excluding hydrogens is 465 g/mol. The summed E-state index contributed by atoms with van der Waals surface area (Å²) in [6.07, 6.45) is -4.06.